The van der Waals surface area contributed by atoms with E-state index in [1.807, 2.05) is 11.8 Å². The molecule has 7 heteroatoms. The van der Waals surface area contributed by atoms with Crippen LogP contribution in [0.15, 0.2) is 0 Å². The molecule has 2 aliphatic rings. The van der Waals surface area contributed by atoms with Gasteiger partial charge in [-0.3, -0.25) is 9.69 Å². The highest BCUT2D eigenvalue weighted by molar-refractivity contribution is 7.99. The van der Waals surface area contributed by atoms with E-state index in [9.17, 15) is 4.79 Å². The lowest BCUT2D eigenvalue weighted by atomic mass is 9.94. The number of nitrogens with zero attached hydrogens (tertiary/aromatic N) is 1. The van der Waals surface area contributed by atoms with Crippen LogP contribution in [-0.2, 0) is 4.79 Å². The third kappa shape index (κ3) is 4.97. The average molecular weight is 330 g/mol. The van der Waals surface area contributed by atoms with Crippen molar-refractivity contribution in [2.24, 2.45) is 5.73 Å². The topological polar surface area (TPSA) is 58.4 Å². The Labute approximate surface area is 132 Å². The fourth-order valence-electron chi connectivity index (χ4n) is 3.01. The first-order valence-electron chi connectivity index (χ1n) is 6.56. The number of hydrogen-bond donors (Lipinski definition) is 2. The van der Waals surface area contributed by atoms with E-state index in [1.54, 1.807) is 0 Å². The highest BCUT2D eigenvalue weighted by atomic mass is 35.5. The van der Waals surface area contributed by atoms with Crippen molar-refractivity contribution in [1.82, 2.24) is 10.2 Å². The molecule has 0 unspecified atom stereocenters. The van der Waals surface area contributed by atoms with Crippen LogP contribution < -0.4 is 11.1 Å². The van der Waals surface area contributed by atoms with E-state index in [4.69, 9.17) is 5.73 Å². The van der Waals surface area contributed by atoms with Gasteiger partial charge in [0.05, 0.1) is 6.54 Å². The molecule has 4 nitrogen and oxygen atoms in total. The van der Waals surface area contributed by atoms with Crippen molar-refractivity contribution >= 4 is 42.5 Å². The van der Waals surface area contributed by atoms with E-state index < -0.39 is 0 Å². The molecule has 114 valence electrons. The molecule has 1 saturated heterocycles. The second-order valence-corrected chi connectivity index (χ2v) is 6.24. The summed E-state index contributed by atoms with van der Waals surface area (Å²) in [6.45, 7) is 3.23. The predicted octanol–water partition coefficient (Wildman–Crippen LogP) is 1.27. The zero-order valence-corrected chi connectivity index (χ0v) is 13.7. The Balaban J connectivity index is 0.00000162. The Kier molecular flexibility index (Phi) is 9.45. The standard InChI is InChI=1S/C12H23N3OS.2ClH/c13-9-11(16)14-10-12(3-1-2-4-12)15-5-7-17-8-6-15;;/h1-10,13H2,(H,14,16);2*1H. The minimum atomic E-state index is -0.0253. The maximum atomic E-state index is 11.3. The average Bonchev–Trinajstić information content (AvgIpc) is 2.87. The monoisotopic (exact) mass is 329 g/mol. The zero-order valence-electron chi connectivity index (χ0n) is 11.2. The van der Waals surface area contributed by atoms with Gasteiger partial charge in [-0.1, -0.05) is 12.8 Å². The summed E-state index contributed by atoms with van der Waals surface area (Å²) in [5.41, 5.74) is 5.58. The largest absolute Gasteiger partial charge is 0.353 e. The fraction of sp³-hybridized carbons (Fsp3) is 0.917. The summed E-state index contributed by atoms with van der Waals surface area (Å²) in [4.78, 5) is 13.9. The van der Waals surface area contributed by atoms with Crippen LogP contribution in [0.4, 0.5) is 0 Å². The van der Waals surface area contributed by atoms with Gasteiger partial charge < -0.3 is 11.1 Å². The number of carbonyl (C=O) groups excluding carboxylic acids is 1. The third-order valence-corrected chi connectivity index (χ3v) is 4.96. The molecule has 0 aromatic heterocycles. The molecule has 1 aliphatic heterocycles. The number of halogens is 2. The second-order valence-electron chi connectivity index (χ2n) is 5.01. The molecule has 1 heterocycles. The molecule has 0 bridgehead atoms. The predicted molar refractivity (Wildman–Crippen MR) is 86.7 cm³/mol. The maximum Gasteiger partial charge on any atom is 0.233 e. The van der Waals surface area contributed by atoms with Gasteiger partial charge in [0.2, 0.25) is 5.91 Å². The third-order valence-electron chi connectivity index (χ3n) is 4.02. The van der Waals surface area contributed by atoms with Gasteiger partial charge in [-0.25, -0.2) is 0 Å². The highest BCUT2D eigenvalue weighted by Gasteiger charge is 2.39. The summed E-state index contributed by atoms with van der Waals surface area (Å²) in [7, 11) is 0. The van der Waals surface area contributed by atoms with Crippen molar-refractivity contribution in [2.45, 2.75) is 31.2 Å². The van der Waals surface area contributed by atoms with E-state index in [2.05, 4.69) is 10.2 Å². The van der Waals surface area contributed by atoms with Gasteiger partial charge in [0.1, 0.15) is 0 Å². The normalized spacial score (nSPS) is 22.2. The van der Waals surface area contributed by atoms with Crippen LogP contribution in [0.25, 0.3) is 0 Å². The number of nitrogens with two attached hydrogens (primary N) is 1. The van der Waals surface area contributed by atoms with Gasteiger partial charge in [-0.05, 0) is 12.8 Å². The molecule has 1 amide bonds. The molecular weight excluding hydrogens is 305 g/mol. The van der Waals surface area contributed by atoms with E-state index in [0.29, 0.717) is 0 Å². The number of amides is 1. The molecule has 1 aliphatic carbocycles. The molecule has 2 fully saturated rings. The van der Waals surface area contributed by atoms with Gasteiger partial charge in [0.15, 0.2) is 0 Å². The van der Waals surface area contributed by atoms with E-state index in [1.165, 1.54) is 50.3 Å². The van der Waals surface area contributed by atoms with E-state index in [-0.39, 0.29) is 42.8 Å². The molecule has 0 atom stereocenters. The molecular formula is C12H25Cl2N3OS. The number of carbonyl (C=O) groups is 1. The zero-order chi connectivity index (χ0) is 12.1. The Morgan fingerprint density at radius 1 is 1.21 bits per heavy atom. The highest BCUT2D eigenvalue weighted by Crippen LogP contribution is 2.36. The van der Waals surface area contributed by atoms with Gasteiger partial charge in [-0.2, -0.15) is 11.8 Å². The lowest BCUT2D eigenvalue weighted by Gasteiger charge is -2.43. The molecule has 19 heavy (non-hydrogen) atoms. The minimum absolute atomic E-state index is 0. The van der Waals surface area contributed by atoms with Crippen molar-refractivity contribution in [3.05, 3.63) is 0 Å². The summed E-state index contributed by atoms with van der Waals surface area (Å²) < 4.78 is 0. The van der Waals surface area contributed by atoms with Crippen LogP contribution in [0.2, 0.25) is 0 Å². The van der Waals surface area contributed by atoms with Crippen LogP contribution in [0.3, 0.4) is 0 Å². The molecule has 1 saturated carbocycles. The Morgan fingerprint density at radius 3 is 2.32 bits per heavy atom. The quantitative estimate of drug-likeness (QED) is 0.815. The summed E-state index contributed by atoms with van der Waals surface area (Å²) in [5, 5.41) is 3.00. The van der Waals surface area contributed by atoms with Crippen molar-refractivity contribution in [1.29, 1.82) is 0 Å². The van der Waals surface area contributed by atoms with Gasteiger partial charge in [0.25, 0.3) is 0 Å². The second kappa shape index (κ2) is 9.29. The summed E-state index contributed by atoms with van der Waals surface area (Å²) in [5.74, 6) is 2.43. The van der Waals surface area contributed by atoms with Crippen LogP contribution in [0.5, 0.6) is 0 Å². The smallest absolute Gasteiger partial charge is 0.233 e. The summed E-state index contributed by atoms with van der Waals surface area (Å²) in [6.07, 6.45) is 5.04. The molecule has 0 radical (unpaired) electrons. The van der Waals surface area contributed by atoms with Gasteiger partial charge in [0, 0.05) is 36.7 Å². The molecule has 0 aromatic rings. The molecule has 0 spiro atoms. The van der Waals surface area contributed by atoms with Crippen LogP contribution >= 0.6 is 36.6 Å². The molecule has 2 rings (SSSR count). The Hall–Kier alpha value is 0.320. The summed E-state index contributed by atoms with van der Waals surface area (Å²) in [6, 6.07) is 0. The number of hydrogen-bond acceptors (Lipinski definition) is 4. The molecule has 0 aromatic carbocycles. The Morgan fingerprint density at radius 2 is 1.79 bits per heavy atom. The summed E-state index contributed by atoms with van der Waals surface area (Å²) >= 11 is 2.04. The number of rotatable bonds is 4. The van der Waals surface area contributed by atoms with Crippen molar-refractivity contribution in [3.63, 3.8) is 0 Å². The van der Waals surface area contributed by atoms with E-state index >= 15 is 0 Å². The van der Waals surface area contributed by atoms with Crippen molar-refractivity contribution in [2.75, 3.05) is 37.7 Å². The first-order chi connectivity index (χ1) is 8.27. The van der Waals surface area contributed by atoms with Gasteiger partial charge in [-0.15, -0.1) is 24.8 Å². The Bertz CT molecular complexity index is 270. The lowest BCUT2D eigenvalue weighted by molar-refractivity contribution is -0.120. The maximum absolute atomic E-state index is 11.3. The first-order valence-corrected chi connectivity index (χ1v) is 7.72. The SMILES string of the molecule is Cl.Cl.NCC(=O)NCC1(N2CCSCC2)CCCC1. The first kappa shape index (κ1) is 19.3. The number of thioether (sulfide) groups is 1. The number of nitrogens with one attached hydrogen (secondary N) is 1. The molecule has 3 N–H and O–H groups in total. The van der Waals surface area contributed by atoms with Gasteiger partial charge >= 0.3 is 0 Å². The minimum Gasteiger partial charge on any atom is -0.353 e. The van der Waals surface area contributed by atoms with E-state index in [0.717, 1.165) is 6.54 Å². The van der Waals surface area contributed by atoms with Crippen molar-refractivity contribution < 1.29 is 4.79 Å². The van der Waals surface area contributed by atoms with Crippen LogP contribution in [0.1, 0.15) is 25.7 Å². The van der Waals surface area contributed by atoms with Crippen LogP contribution in [-0.4, -0.2) is 54.0 Å². The lowest BCUT2D eigenvalue weighted by Crippen LogP contribution is -2.57. The van der Waals surface area contributed by atoms with Crippen LogP contribution in [0, 0.1) is 0 Å². The van der Waals surface area contributed by atoms with Crippen molar-refractivity contribution in [3.8, 4) is 0 Å². The fourth-order valence-corrected chi connectivity index (χ4v) is 3.91.